The predicted octanol–water partition coefficient (Wildman–Crippen LogP) is 3.34. The second kappa shape index (κ2) is 7.38. The molecule has 0 unspecified atom stereocenters. The number of piperidine rings is 1. The molecular formula is C19H19N3O3S2. The minimum atomic E-state index is -3.56. The Morgan fingerprint density at radius 3 is 2.56 bits per heavy atom. The van der Waals surface area contributed by atoms with Gasteiger partial charge in [0, 0.05) is 30.6 Å². The van der Waals surface area contributed by atoms with E-state index in [1.54, 1.807) is 23.7 Å². The first-order valence-electron chi connectivity index (χ1n) is 8.73. The van der Waals surface area contributed by atoms with E-state index in [0.29, 0.717) is 36.0 Å². The van der Waals surface area contributed by atoms with Gasteiger partial charge in [-0.2, -0.15) is 4.31 Å². The van der Waals surface area contributed by atoms with Crippen molar-refractivity contribution in [3.8, 4) is 0 Å². The second-order valence-electron chi connectivity index (χ2n) is 6.51. The predicted molar refractivity (Wildman–Crippen MR) is 106 cm³/mol. The van der Waals surface area contributed by atoms with Crippen molar-refractivity contribution in [2.75, 3.05) is 18.4 Å². The lowest BCUT2D eigenvalue weighted by molar-refractivity contribution is -0.120. The van der Waals surface area contributed by atoms with Crippen molar-refractivity contribution in [2.24, 2.45) is 5.92 Å². The number of amides is 1. The fourth-order valence-corrected chi connectivity index (χ4v) is 5.37. The van der Waals surface area contributed by atoms with Gasteiger partial charge in [-0.1, -0.05) is 30.3 Å². The zero-order valence-corrected chi connectivity index (χ0v) is 16.2. The number of hydrogen-bond donors (Lipinski definition) is 1. The summed E-state index contributed by atoms with van der Waals surface area (Å²) in [5, 5.41) is 7.08. The van der Waals surface area contributed by atoms with E-state index >= 15 is 0 Å². The molecule has 1 saturated heterocycles. The maximum atomic E-state index is 13.0. The molecular weight excluding hydrogens is 382 g/mol. The van der Waals surface area contributed by atoms with Gasteiger partial charge in [0.25, 0.3) is 0 Å². The van der Waals surface area contributed by atoms with Crippen molar-refractivity contribution in [3.05, 3.63) is 54.0 Å². The average Bonchev–Trinajstić information content (AvgIpc) is 3.20. The Kier molecular flexibility index (Phi) is 4.94. The first-order chi connectivity index (χ1) is 13.0. The van der Waals surface area contributed by atoms with E-state index in [0.717, 1.165) is 10.8 Å². The summed E-state index contributed by atoms with van der Waals surface area (Å²) in [7, 11) is -3.56. The van der Waals surface area contributed by atoms with Crippen LogP contribution in [-0.4, -0.2) is 36.7 Å². The van der Waals surface area contributed by atoms with Crippen LogP contribution in [0.5, 0.6) is 0 Å². The lowest BCUT2D eigenvalue weighted by atomic mass is 9.97. The summed E-state index contributed by atoms with van der Waals surface area (Å²) < 4.78 is 27.4. The highest BCUT2D eigenvalue weighted by molar-refractivity contribution is 7.89. The van der Waals surface area contributed by atoms with E-state index in [1.165, 1.54) is 15.6 Å². The molecule has 2 heterocycles. The summed E-state index contributed by atoms with van der Waals surface area (Å²) in [6.45, 7) is 0.677. The van der Waals surface area contributed by atoms with Gasteiger partial charge in [-0.15, -0.1) is 11.3 Å². The molecule has 140 valence electrons. The molecule has 1 fully saturated rings. The quantitative estimate of drug-likeness (QED) is 0.727. The van der Waals surface area contributed by atoms with E-state index in [-0.39, 0.29) is 11.8 Å². The first kappa shape index (κ1) is 18.1. The van der Waals surface area contributed by atoms with Crippen molar-refractivity contribution < 1.29 is 13.2 Å². The third-order valence-electron chi connectivity index (χ3n) is 4.85. The number of benzene rings is 2. The first-order valence-corrected chi connectivity index (χ1v) is 11.1. The number of nitrogens with zero attached hydrogens (tertiary/aromatic N) is 2. The molecule has 0 atom stereocenters. The normalized spacial score (nSPS) is 16.4. The molecule has 0 saturated carbocycles. The summed E-state index contributed by atoms with van der Waals surface area (Å²) in [5.74, 6) is -0.287. The minimum Gasteiger partial charge on any atom is -0.302 e. The van der Waals surface area contributed by atoms with E-state index in [1.807, 2.05) is 30.3 Å². The molecule has 1 amide bonds. The molecule has 0 bridgehead atoms. The van der Waals surface area contributed by atoms with Gasteiger partial charge in [-0.05, 0) is 35.7 Å². The standard InChI is InChI=1S/C19H19N3O3S2/c23-18(21-19-20-9-12-26-19)15-7-10-22(11-8-15)27(24,25)17-6-5-14-3-1-2-4-16(14)13-17/h1-6,9,12-13,15H,7-8,10-11H2,(H,20,21,23). The molecule has 2 aromatic carbocycles. The van der Waals surface area contributed by atoms with Crippen molar-refractivity contribution in [1.29, 1.82) is 0 Å². The van der Waals surface area contributed by atoms with E-state index < -0.39 is 10.0 Å². The van der Waals surface area contributed by atoms with Gasteiger partial charge in [-0.3, -0.25) is 4.79 Å². The monoisotopic (exact) mass is 401 g/mol. The van der Waals surface area contributed by atoms with Crippen LogP contribution in [0, 0.1) is 5.92 Å². The Bertz CT molecular complexity index is 1060. The van der Waals surface area contributed by atoms with E-state index in [4.69, 9.17) is 0 Å². The van der Waals surface area contributed by atoms with Crippen LogP contribution in [0.2, 0.25) is 0 Å². The van der Waals surface area contributed by atoms with Crippen molar-refractivity contribution >= 4 is 43.2 Å². The van der Waals surface area contributed by atoms with E-state index in [9.17, 15) is 13.2 Å². The Morgan fingerprint density at radius 2 is 1.85 bits per heavy atom. The lowest BCUT2D eigenvalue weighted by Crippen LogP contribution is -2.41. The van der Waals surface area contributed by atoms with Gasteiger partial charge in [0.05, 0.1) is 4.90 Å². The van der Waals surface area contributed by atoms with Crippen LogP contribution in [0.3, 0.4) is 0 Å². The number of rotatable bonds is 4. The highest BCUT2D eigenvalue weighted by atomic mass is 32.2. The van der Waals surface area contributed by atoms with Crippen LogP contribution in [0.1, 0.15) is 12.8 Å². The zero-order chi connectivity index (χ0) is 18.9. The molecule has 3 aromatic rings. The number of carbonyl (C=O) groups excluding carboxylic acids is 1. The Labute approximate surface area is 161 Å². The van der Waals surface area contributed by atoms with Gasteiger partial charge < -0.3 is 5.32 Å². The summed E-state index contributed by atoms with van der Waals surface area (Å²) in [4.78, 5) is 16.7. The number of anilines is 1. The van der Waals surface area contributed by atoms with Crippen LogP contribution in [0.15, 0.2) is 58.9 Å². The number of carbonyl (C=O) groups is 1. The van der Waals surface area contributed by atoms with Gasteiger partial charge in [0.15, 0.2) is 5.13 Å². The molecule has 4 rings (SSSR count). The molecule has 6 nitrogen and oxygen atoms in total. The Hall–Kier alpha value is -2.29. The number of thiazole rings is 1. The molecule has 1 aliphatic heterocycles. The topological polar surface area (TPSA) is 79.4 Å². The molecule has 1 aliphatic rings. The minimum absolute atomic E-state index is 0.0901. The van der Waals surface area contributed by atoms with Crippen LogP contribution in [0.4, 0.5) is 5.13 Å². The van der Waals surface area contributed by atoms with Crippen LogP contribution >= 0.6 is 11.3 Å². The molecule has 0 radical (unpaired) electrons. The molecule has 1 N–H and O–H groups in total. The molecule has 0 aliphatic carbocycles. The third-order valence-corrected chi connectivity index (χ3v) is 7.43. The summed E-state index contributed by atoms with van der Waals surface area (Å²) >= 11 is 1.37. The smallest absolute Gasteiger partial charge is 0.243 e. The number of hydrogen-bond acceptors (Lipinski definition) is 5. The average molecular weight is 402 g/mol. The van der Waals surface area contributed by atoms with Gasteiger partial charge in [-0.25, -0.2) is 13.4 Å². The van der Waals surface area contributed by atoms with Crippen LogP contribution in [-0.2, 0) is 14.8 Å². The number of sulfonamides is 1. The molecule has 27 heavy (non-hydrogen) atoms. The Balaban J connectivity index is 1.45. The van der Waals surface area contributed by atoms with Gasteiger partial charge >= 0.3 is 0 Å². The van der Waals surface area contributed by atoms with Gasteiger partial charge in [0.2, 0.25) is 15.9 Å². The third kappa shape index (κ3) is 3.73. The largest absolute Gasteiger partial charge is 0.302 e. The van der Waals surface area contributed by atoms with Crippen molar-refractivity contribution in [1.82, 2.24) is 9.29 Å². The lowest BCUT2D eigenvalue weighted by Gasteiger charge is -2.30. The van der Waals surface area contributed by atoms with E-state index in [2.05, 4.69) is 10.3 Å². The fraction of sp³-hybridized carbons (Fsp3) is 0.263. The fourth-order valence-electron chi connectivity index (χ4n) is 3.33. The molecule has 1 aromatic heterocycles. The zero-order valence-electron chi connectivity index (χ0n) is 14.5. The molecule has 0 spiro atoms. The maximum Gasteiger partial charge on any atom is 0.243 e. The highest BCUT2D eigenvalue weighted by Gasteiger charge is 2.32. The molecule has 8 heteroatoms. The SMILES string of the molecule is O=C(Nc1nccs1)C1CCN(S(=O)(=O)c2ccc3ccccc3c2)CC1. The number of fused-ring (bicyclic) bond motifs is 1. The van der Waals surface area contributed by atoms with Gasteiger partial charge in [0.1, 0.15) is 0 Å². The number of aromatic nitrogens is 1. The second-order valence-corrected chi connectivity index (χ2v) is 9.35. The maximum absolute atomic E-state index is 13.0. The number of nitrogens with one attached hydrogen (secondary N) is 1. The van der Waals surface area contributed by atoms with Crippen LogP contribution < -0.4 is 5.32 Å². The van der Waals surface area contributed by atoms with Crippen molar-refractivity contribution in [2.45, 2.75) is 17.7 Å². The summed E-state index contributed by atoms with van der Waals surface area (Å²) in [6.07, 6.45) is 2.65. The summed E-state index contributed by atoms with van der Waals surface area (Å²) in [6, 6.07) is 12.9. The van der Waals surface area contributed by atoms with Crippen molar-refractivity contribution in [3.63, 3.8) is 0 Å². The Morgan fingerprint density at radius 1 is 1.11 bits per heavy atom. The highest BCUT2D eigenvalue weighted by Crippen LogP contribution is 2.27. The summed E-state index contributed by atoms with van der Waals surface area (Å²) in [5.41, 5.74) is 0. The van der Waals surface area contributed by atoms with Crippen LogP contribution in [0.25, 0.3) is 10.8 Å².